The number of rotatable bonds is 3. The lowest BCUT2D eigenvalue weighted by Gasteiger charge is -2.06. The second kappa shape index (κ2) is 5.15. The molecule has 0 saturated carbocycles. The van der Waals surface area contributed by atoms with Gasteiger partial charge in [0.25, 0.3) is 5.91 Å². The van der Waals surface area contributed by atoms with Gasteiger partial charge in [0.15, 0.2) is 0 Å². The SMILES string of the molecule is O=C(Nc1ccc(C(=O)O)c(O)c1)c1cc(Br)c[nH]1. The van der Waals surface area contributed by atoms with Gasteiger partial charge in [0.1, 0.15) is 17.0 Å². The molecule has 19 heavy (non-hydrogen) atoms. The van der Waals surface area contributed by atoms with Gasteiger partial charge in [0, 0.05) is 22.4 Å². The van der Waals surface area contributed by atoms with Crippen molar-refractivity contribution in [1.29, 1.82) is 0 Å². The van der Waals surface area contributed by atoms with Crippen molar-refractivity contribution in [1.82, 2.24) is 4.98 Å². The van der Waals surface area contributed by atoms with Crippen LogP contribution in [0.5, 0.6) is 5.75 Å². The van der Waals surface area contributed by atoms with Crippen LogP contribution in [-0.4, -0.2) is 27.1 Å². The van der Waals surface area contributed by atoms with Gasteiger partial charge < -0.3 is 20.5 Å². The molecule has 6 nitrogen and oxygen atoms in total. The summed E-state index contributed by atoms with van der Waals surface area (Å²) in [4.78, 5) is 25.3. The Labute approximate surface area is 116 Å². The third-order valence-electron chi connectivity index (χ3n) is 2.38. The van der Waals surface area contributed by atoms with E-state index in [-0.39, 0.29) is 5.56 Å². The van der Waals surface area contributed by atoms with Gasteiger partial charge >= 0.3 is 5.97 Å². The molecule has 0 bridgehead atoms. The Morgan fingerprint density at radius 3 is 2.53 bits per heavy atom. The molecular formula is C12H9BrN2O4. The van der Waals surface area contributed by atoms with E-state index in [0.29, 0.717) is 11.4 Å². The minimum Gasteiger partial charge on any atom is -0.507 e. The number of aromatic amines is 1. The molecule has 0 radical (unpaired) electrons. The molecule has 0 atom stereocenters. The Balaban J connectivity index is 2.18. The molecule has 1 aromatic carbocycles. The van der Waals surface area contributed by atoms with Gasteiger partial charge in [-0.15, -0.1) is 0 Å². The minimum absolute atomic E-state index is 0.222. The van der Waals surface area contributed by atoms with E-state index in [1.54, 1.807) is 12.3 Å². The highest BCUT2D eigenvalue weighted by atomic mass is 79.9. The van der Waals surface area contributed by atoms with Crippen molar-refractivity contribution < 1.29 is 19.8 Å². The van der Waals surface area contributed by atoms with Crippen LogP contribution < -0.4 is 5.32 Å². The van der Waals surface area contributed by atoms with Crippen molar-refractivity contribution in [2.24, 2.45) is 0 Å². The van der Waals surface area contributed by atoms with Gasteiger partial charge in [-0.05, 0) is 34.1 Å². The Bertz CT molecular complexity index is 651. The number of benzene rings is 1. The number of nitrogens with one attached hydrogen (secondary N) is 2. The number of carbonyl (C=O) groups is 2. The summed E-state index contributed by atoms with van der Waals surface area (Å²) in [7, 11) is 0. The highest BCUT2D eigenvalue weighted by Gasteiger charge is 2.12. The quantitative estimate of drug-likeness (QED) is 0.696. The largest absolute Gasteiger partial charge is 0.507 e. The molecule has 0 aliphatic rings. The molecule has 0 aliphatic heterocycles. The van der Waals surface area contributed by atoms with E-state index in [2.05, 4.69) is 26.2 Å². The molecular weight excluding hydrogens is 316 g/mol. The number of carbonyl (C=O) groups excluding carboxylic acids is 1. The van der Waals surface area contributed by atoms with Crippen LogP contribution in [0.2, 0.25) is 0 Å². The highest BCUT2D eigenvalue weighted by Crippen LogP contribution is 2.22. The van der Waals surface area contributed by atoms with E-state index in [1.165, 1.54) is 18.2 Å². The summed E-state index contributed by atoms with van der Waals surface area (Å²) in [6.07, 6.45) is 1.61. The summed E-state index contributed by atoms with van der Waals surface area (Å²) in [5.41, 5.74) is 0.424. The number of phenols is 1. The summed E-state index contributed by atoms with van der Waals surface area (Å²) in [6, 6.07) is 5.40. The summed E-state index contributed by atoms with van der Waals surface area (Å²) in [6.45, 7) is 0. The van der Waals surface area contributed by atoms with Crippen molar-refractivity contribution in [3.63, 3.8) is 0 Å². The summed E-state index contributed by atoms with van der Waals surface area (Å²) < 4.78 is 0.738. The van der Waals surface area contributed by atoms with Crippen LogP contribution in [0.15, 0.2) is 34.9 Å². The Kier molecular flexibility index (Phi) is 3.57. The van der Waals surface area contributed by atoms with Crippen molar-refractivity contribution in [3.8, 4) is 5.75 Å². The van der Waals surface area contributed by atoms with E-state index >= 15 is 0 Å². The Morgan fingerprint density at radius 1 is 1.26 bits per heavy atom. The molecule has 4 N–H and O–H groups in total. The monoisotopic (exact) mass is 324 g/mol. The van der Waals surface area contributed by atoms with Crippen LogP contribution in [0.3, 0.4) is 0 Å². The van der Waals surface area contributed by atoms with Crippen molar-refractivity contribution >= 4 is 33.5 Å². The zero-order chi connectivity index (χ0) is 14.0. The fourth-order valence-electron chi connectivity index (χ4n) is 1.49. The van der Waals surface area contributed by atoms with E-state index in [4.69, 9.17) is 5.11 Å². The second-order valence-corrected chi connectivity index (χ2v) is 4.64. The number of H-pyrrole nitrogens is 1. The standard InChI is InChI=1S/C12H9BrN2O4/c13-6-3-9(14-5-6)11(17)15-7-1-2-8(12(18)19)10(16)4-7/h1-5,14,16H,(H,15,17)(H,18,19). The third-order valence-corrected chi connectivity index (χ3v) is 2.84. The number of amides is 1. The van der Waals surface area contributed by atoms with E-state index in [9.17, 15) is 14.7 Å². The number of anilines is 1. The first-order valence-electron chi connectivity index (χ1n) is 5.19. The predicted molar refractivity (Wildman–Crippen MR) is 71.5 cm³/mol. The van der Waals surface area contributed by atoms with E-state index in [0.717, 1.165) is 4.47 Å². The van der Waals surface area contributed by atoms with Gasteiger partial charge in [0.2, 0.25) is 0 Å². The van der Waals surface area contributed by atoms with Gasteiger partial charge in [-0.3, -0.25) is 4.79 Å². The topological polar surface area (TPSA) is 102 Å². The number of hydrogen-bond acceptors (Lipinski definition) is 3. The van der Waals surface area contributed by atoms with Gasteiger partial charge in [-0.1, -0.05) is 0 Å². The maximum absolute atomic E-state index is 11.8. The van der Waals surface area contributed by atoms with Crippen molar-refractivity contribution in [3.05, 3.63) is 46.2 Å². The van der Waals surface area contributed by atoms with E-state index < -0.39 is 17.6 Å². The first-order chi connectivity index (χ1) is 8.97. The zero-order valence-corrected chi connectivity index (χ0v) is 11.1. The normalized spacial score (nSPS) is 10.2. The number of carboxylic acids is 1. The van der Waals surface area contributed by atoms with Crippen molar-refractivity contribution in [2.75, 3.05) is 5.32 Å². The van der Waals surface area contributed by atoms with Gasteiger partial charge in [0.05, 0.1) is 0 Å². The number of carboxylic acid groups (broad SMARTS) is 1. The molecule has 0 fully saturated rings. The van der Waals surface area contributed by atoms with Crippen LogP contribution in [0.25, 0.3) is 0 Å². The van der Waals surface area contributed by atoms with Crippen molar-refractivity contribution in [2.45, 2.75) is 0 Å². The lowest BCUT2D eigenvalue weighted by Crippen LogP contribution is -2.12. The smallest absolute Gasteiger partial charge is 0.339 e. The number of aromatic hydroxyl groups is 1. The lowest BCUT2D eigenvalue weighted by molar-refractivity contribution is 0.0693. The molecule has 1 amide bonds. The number of aromatic carboxylic acids is 1. The number of halogens is 1. The molecule has 0 spiro atoms. The van der Waals surface area contributed by atoms with Crippen LogP contribution in [0.4, 0.5) is 5.69 Å². The number of aromatic nitrogens is 1. The van der Waals surface area contributed by atoms with E-state index in [1.807, 2.05) is 0 Å². The average Bonchev–Trinajstić information content (AvgIpc) is 2.75. The Hall–Kier alpha value is -2.28. The van der Waals surface area contributed by atoms with Crippen LogP contribution in [0.1, 0.15) is 20.8 Å². The molecule has 1 aromatic heterocycles. The fraction of sp³-hybridized carbons (Fsp3) is 0. The first-order valence-corrected chi connectivity index (χ1v) is 5.98. The first kappa shape index (κ1) is 13.2. The molecule has 0 unspecified atom stereocenters. The van der Waals surface area contributed by atoms with Gasteiger partial charge in [-0.2, -0.15) is 0 Å². The lowest BCUT2D eigenvalue weighted by atomic mass is 10.2. The maximum atomic E-state index is 11.8. The fourth-order valence-corrected chi connectivity index (χ4v) is 1.83. The molecule has 98 valence electrons. The molecule has 1 heterocycles. The molecule has 0 saturated heterocycles. The summed E-state index contributed by atoms with van der Waals surface area (Å²) in [5.74, 6) is -2.03. The Morgan fingerprint density at radius 2 is 2.00 bits per heavy atom. The minimum atomic E-state index is -1.23. The third kappa shape index (κ3) is 2.94. The average molecular weight is 325 g/mol. The highest BCUT2D eigenvalue weighted by molar-refractivity contribution is 9.10. The van der Waals surface area contributed by atoms with Gasteiger partial charge in [-0.25, -0.2) is 4.79 Å². The summed E-state index contributed by atoms with van der Waals surface area (Å²) >= 11 is 3.21. The van der Waals surface area contributed by atoms with Crippen LogP contribution >= 0.6 is 15.9 Å². The predicted octanol–water partition coefficient (Wildman–Crippen LogP) is 2.43. The molecule has 0 aliphatic carbocycles. The van der Waals surface area contributed by atoms with Crippen LogP contribution in [-0.2, 0) is 0 Å². The molecule has 2 aromatic rings. The zero-order valence-electron chi connectivity index (χ0n) is 9.48. The summed E-state index contributed by atoms with van der Waals surface area (Å²) in [5, 5.41) is 20.8. The maximum Gasteiger partial charge on any atom is 0.339 e. The molecule has 2 rings (SSSR count). The molecule has 7 heteroatoms. The number of hydrogen-bond donors (Lipinski definition) is 4. The second-order valence-electron chi connectivity index (χ2n) is 3.72. The van der Waals surface area contributed by atoms with Crippen LogP contribution in [0, 0.1) is 0 Å².